The Morgan fingerprint density at radius 3 is 3.06 bits per heavy atom. The Bertz CT molecular complexity index is 384. The predicted octanol–water partition coefficient (Wildman–Crippen LogP) is 2.24. The third kappa shape index (κ3) is 3.94. The highest BCUT2D eigenvalue weighted by atomic mass is 32.2. The highest BCUT2D eigenvalue weighted by Gasteiger charge is 2.03. The molecule has 0 bridgehead atoms. The molecule has 0 saturated heterocycles. The zero-order valence-corrected chi connectivity index (χ0v) is 11.3. The Morgan fingerprint density at radius 2 is 2.44 bits per heavy atom. The smallest absolute Gasteiger partial charge is 0.153 e. The van der Waals surface area contributed by atoms with Gasteiger partial charge in [-0.2, -0.15) is 5.10 Å². The maximum atomic E-state index is 4.96. The third-order valence-corrected chi connectivity index (χ3v) is 3.04. The number of imidazole rings is 1. The molecule has 0 aliphatic carbocycles. The predicted molar refractivity (Wildman–Crippen MR) is 74.2 cm³/mol. The van der Waals surface area contributed by atoms with E-state index < -0.39 is 0 Å². The summed E-state index contributed by atoms with van der Waals surface area (Å²) in [5.41, 5.74) is 4.65. The summed E-state index contributed by atoms with van der Waals surface area (Å²) in [5.74, 6) is 1.01. The van der Waals surface area contributed by atoms with E-state index in [1.165, 1.54) is 11.8 Å². The average Bonchev–Trinajstić information content (AvgIpc) is 2.60. The van der Waals surface area contributed by atoms with Crippen LogP contribution in [-0.2, 0) is 6.42 Å². The van der Waals surface area contributed by atoms with Gasteiger partial charge in [0, 0.05) is 12.1 Å². The number of hydrogen-bond acceptors (Lipinski definition) is 4. The first-order valence-corrected chi connectivity index (χ1v) is 6.73. The molecule has 1 heterocycles. The minimum Gasteiger partial charge on any atom is -0.346 e. The second-order valence-electron chi connectivity index (χ2n) is 3.31. The molecule has 2 N–H and O–H groups in total. The fraction of sp³-hybridized carbons (Fsp3) is 0.500. The lowest BCUT2D eigenvalue weighted by molar-refractivity contribution is 0.853. The summed E-state index contributed by atoms with van der Waals surface area (Å²) >= 11 is 6.42. The van der Waals surface area contributed by atoms with Crippen molar-refractivity contribution in [3.63, 3.8) is 0 Å². The van der Waals surface area contributed by atoms with Crippen LogP contribution in [0.3, 0.4) is 0 Å². The van der Waals surface area contributed by atoms with E-state index >= 15 is 0 Å². The Morgan fingerprint density at radius 1 is 1.69 bits per heavy atom. The number of hydrazone groups is 1. The van der Waals surface area contributed by atoms with Crippen LogP contribution in [0.1, 0.15) is 30.6 Å². The number of H-pyrrole nitrogens is 1. The average molecular weight is 256 g/mol. The summed E-state index contributed by atoms with van der Waals surface area (Å²) in [6.07, 6.45) is 5.64. The van der Waals surface area contributed by atoms with Gasteiger partial charge in [0.2, 0.25) is 0 Å². The van der Waals surface area contributed by atoms with Gasteiger partial charge in [0.25, 0.3) is 0 Å². The van der Waals surface area contributed by atoms with E-state index in [4.69, 9.17) is 12.2 Å². The number of aryl methyl sites for hydroxylation is 2. The summed E-state index contributed by atoms with van der Waals surface area (Å²) in [5, 5.41) is 4.03. The van der Waals surface area contributed by atoms with Crippen LogP contribution in [0.2, 0.25) is 0 Å². The minimum absolute atomic E-state index is 0.651. The van der Waals surface area contributed by atoms with Crippen LogP contribution in [0.25, 0.3) is 0 Å². The van der Waals surface area contributed by atoms with Gasteiger partial charge in [-0.1, -0.05) is 30.9 Å². The Labute approximate surface area is 105 Å². The van der Waals surface area contributed by atoms with E-state index in [2.05, 4.69) is 27.4 Å². The highest BCUT2D eigenvalue weighted by molar-refractivity contribution is 8.22. The second kappa shape index (κ2) is 6.65. The van der Waals surface area contributed by atoms with Crippen LogP contribution in [-0.4, -0.2) is 26.8 Å². The quantitative estimate of drug-likeness (QED) is 0.493. The van der Waals surface area contributed by atoms with E-state index in [1.807, 2.05) is 13.2 Å². The molecule has 0 unspecified atom stereocenters. The standard InChI is InChI=1S/C10H16N4S2/c1-4-5-9-12-7(2)8(13-9)6-11-14-10(15)16-3/h6H,4-5H2,1-3H3,(H,12,13)(H,14,15)/b11-6+. The molecule has 0 aliphatic rings. The topological polar surface area (TPSA) is 53.1 Å². The van der Waals surface area contributed by atoms with Crippen molar-refractivity contribution < 1.29 is 0 Å². The molecule has 1 aromatic rings. The third-order valence-electron chi connectivity index (χ3n) is 1.99. The fourth-order valence-electron chi connectivity index (χ4n) is 1.21. The molecule has 0 atom stereocenters. The van der Waals surface area contributed by atoms with Gasteiger partial charge in [-0.05, 0) is 19.6 Å². The van der Waals surface area contributed by atoms with Crippen molar-refractivity contribution in [2.24, 2.45) is 5.10 Å². The van der Waals surface area contributed by atoms with E-state index in [0.29, 0.717) is 4.32 Å². The number of aromatic nitrogens is 2. The second-order valence-corrected chi connectivity index (χ2v) is 4.79. The van der Waals surface area contributed by atoms with Crippen LogP contribution in [0.15, 0.2) is 5.10 Å². The molecule has 0 fully saturated rings. The lowest BCUT2D eigenvalue weighted by Gasteiger charge is -1.95. The molecule has 0 spiro atoms. The SMILES string of the molecule is CCCc1nc(/C=N/NC(=S)SC)c(C)[nH]1. The normalized spacial score (nSPS) is 10.9. The van der Waals surface area contributed by atoms with Gasteiger partial charge in [0.05, 0.1) is 6.21 Å². The molecule has 1 rings (SSSR count). The largest absolute Gasteiger partial charge is 0.346 e. The number of thiocarbonyl (C=S) groups is 1. The molecule has 0 aromatic carbocycles. The molecular weight excluding hydrogens is 240 g/mol. The number of rotatable bonds is 4. The van der Waals surface area contributed by atoms with Gasteiger partial charge in [-0.3, -0.25) is 5.43 Å². The van der Waals surface area contributed by atoms with Gasteiger partial charge in [0.15, 0.2) is 4.32 Å². The van der Waals surface area contributed by atoms with Crippen molar-refractivity contribution in [1.29, 1.82) is 0 Å². The van der Waals surface area contributed by atoms with E-state index in [-0.39, 0.29) is 0 Å². The summed E-state index contributed by atoms with van der Waals surface area (Å²) in [6, 6.07) is 0. The molecule has 0 radical (unpaired) electrons. The summed E-state index contributed by atoms with van der Waals surface area (Å²) in [6.45, 7) is 4.12. The molecule has 0 amide bonds. The van der Waals surface area contributed by atoms with E-state index in [0.717, 1.165) is 30.1 Å². The molecule has 0 saturated carbocycles. The summed E-state index contributed by atoms with van der Waals surface area (Å²) < 4.78 is 0.651. The van der Waals surface area contributed by atoms with Crippen LogP contribution < -0.4 is 5.43 Å². The van der Waals surface area contributed by atoms with E-state index in [9.17, 15) is 0 Å². The number of nitrogens with one attached hydrogen (secondary N) is 2. The van der Waals surface area contributed by atoms with Gasteiger partial charge >= 0.3 is 0 Å². The number of thioether (sulfide) groups is 1. The van der Waals surface area contributed by atoms with Crippen molar-refractivity contribution in [3.8, 4) is 0 Å². The Balaban J connectivity index is 2.62. The first-order valence-electron chi connectivity index (χ1n) is 5.09. The summed E-state index contributed by atoms with van der Waals surface area (Å²) in [7, 11) is 0. The Kier molecular flexibility index (Phi) is 5.48. The van der Waals surface area contributed by atoms with Crippen LogP contribution in [0.5, 0.6) is 0 Å². The summed E-state index contributed by atoms with van der Waals surface area (Å²) in [4.78, 5) is 7.66. The number of hydrogen-bond donors (Lipinski definition) is 2. The van der Waals surface area contributed by atoms with Gasteiger partial charge in [-0.15, -0.1) is 0 Å². The van der Waals surface area contributed by atoms with Crippen molar-refractivity contribution >= 4 is 34.5 Å². The zero-order chi connectivity index (χ0) is 12.0. The van der Waals surface area contributed by atoms with Crippen LogP contribution in [0.4, 0.5) is 0 Å². The van der Waals surface area contributed by atoms with Crippen molar-refractivity contribution in [2.75, 3.05) is 6.26 Å². The number of aromatic amines is 1. The molecule has 0 aliphatic heterocycles. The van der Waals surface area contributed by atoms with Crippen molar-refractivity contribution in [2.45, 2.75) is 26.7 Å². The van der Waals surface area contributed by atoms with Gasteiger partial charge in [-0.25, -0.2) is 4.98 Å². The highest BCUT2D eigenvalue weighted by Crippen LogP contribution is 2.04. The van der Waals surface area contributed by atoms with Crippen molar-refractivity contribution in [3.05, 3.63) is 17.2 Å². The lowest BCUT2D eigenvalue weighted by Crippen LogP contribution is -2.10. The first kappa shape index (κ1) is 13.2. The lowest BCUT2D eigenvalue weighted by atomic mass is 10.3. The minimum atomic E-state index is 0.651. The fourth-order valence-corrected chi connectivity index (χ4v) is 1.41. The first-order chi connectivity index (χ1) is 7.67. The molecule has 1 aromatic heterocycles. The maximum absolute atomic E-state index is 4.96. The molecule has 4 nitrogen and oxygen atoms in total. The van der Waals surface area contributed by atoms with E-state index in [1.54, 1.807) is 6.21 Å². The molecule has 88 valence electrons. The maximum Gasteiger partial charge on any atom is 0.153 e. The van der Waals surface area contributed by atoms with Gasteiger partial charge in [0.1, 0.15) is 11.5 Å². The van der Waals surface area contributed by atoms with Crippen LogP contribution in [0, 0.1) is 6.92 Å². The zero-order valence-electron chi connectivity index (χ0n) is 9.70. The van der Waals surface area contributed by atoms with Gasteiger partial charge < -0.3 is 4.98 Å². The van der Waals surface area contributed by atoms with Crippen molar-refractivity contribution in [1.82, 2.24) is 15.4 Å². The monoisotopic (exact) mass is 256 g/mol. The number of nitrogens with zero attached hydrogens (tertiary/aromatic N) is 2. The Hall–Kier alpha value is -0.880. The van der Waals surface area contributed by atoms with Crippen LogP contribution >= 0.6 is 24.0 Å². The molecule has 16 heavy (non-hydrogen) atoms. The molecular formula is C10H16N4S2. The molecule has 6 heteroatoms.